The van der Waals surface area contributed by atoms with Crippen molar-refractivity contribution in [1.29, 1.82) is 0 Å². The molecule has 2 aliphatic rings. The molecule has 2 aliphatic heterocycles. The first-order valence-electron chi connectivity index (χ1n) is 8.05. The Labute approximate surface area is 151 Å². The van der Waals surface area contributed by atoms with Crippen molar-refractivity contribution in [3.63, 3.8) is 0 Å². The molecule has 1 aromatic carbocycles. The van der Waals surface area contributed by atoms with E-state index in [-0.39, 0.29) is 30.7 Å². The highest BCUT2D eigenvalue weighted by Gasteiger charge is 2.39. The number of rotatable bonds is 3. The van der Waals surface area contributed by atoms with Crippen LogP contribution in [0.3, 0.4) is 0 Å². The van der Waals surface area contributed by atoms with Gasteiger partial charge >= 0.3 is 0 Å². The van der Waals surface area contributed by atoms with Crippen molar-refractivity contribution in [2.75, 3.05) is 25.4 Å². The van der Waals surface area contributed by atoms with E-state index in [1.165, 1.54) is 6.42 Å². The van der Waals surface area contributed by atoms with E-state index in [0.29, 0.717) is 18.5 Å². The Hall–Kier alpha value is -0.970. The third kappa shape index (κ3) is 4.52. The van der Waals surface area contributed by atoms with Gasteiger partial charge in [-0.1, -0.05) is 19.1 Å². The van der Waals surface area contributed by atoms with Gasteiger partial charge in [-0.15, -0.1) is 24.8 Å². The second-order valence-electron chi connectivity index (χ2n) is 6.29. The van der Waals surface area contributed by atoms with Gasteiger partial charge in [0.15, 0.2) is 0 Å². The molecule has 23 heavy (non-hydrogen) atoms. The molecule has 1 amide bonds. The van der Waals surface area contributed by atoms with Crippen LogP contribution in [0.5, 0.6) is 0 Å². The first-order chi connectivity index (χ1) is 10.2. The fourth-order valence-electron chi connectivity index (χ4n) is 3.74. The average molecular weight is 360 g/mol. The second kappa shape index (κ2) is 8.76. The number of nitrogens with zero attached hydrogens (tertiary/aromatic N) is 2. The molecule has 2 saturated heterocycles. The lowest BCUT2D eigenvalue weighted by Gasteiger charge is -2.29. The van der Waals surface area contributed by atoms with Crippen molar-refractivity contribution in [2.45, 2.75) is 44.7 Å². The molecule has 0 spiro atoms. The molecular weight excluding hydrogens is 333 g/mol. The molecule has 1 aromatic rings. The van der Waals surface area contributed by atoms with Crippen LogP contribution in [0.2, 0.25) is 0 Å². The number of nitrogen functional groups attached to an aromatic ring is 1. The van der Waals surface area contributed by atoms with E-state index in [2.05, 4.69) is 16.7 Å². The maximum atomic E-state index is 12.7. The number of carbonyl (C=O) groups excluding carboxylic acids is 1. The minimum atomic E-state index is 0. The lowest BCUT2D eigenvalue weighted by atomic mass is 10.1. The van der Waals surface area contributed by atoms with Crippen LogP contribution in [0, 0.1) is 0 Å². The number of anilines is 1. The quantitative estimate of drug-likeness (QED) is 0.844. The normalized spacial score (nSPS) is 23.6. The summed E-state index contributed by atoms with van der Waals surface area (Å²) in [5.41, 5.74) is 7.51. The molecule has 0 saturated carbocycles. The zero-order chi connectivity index (χ0) is 14.8. The van der Waals surface area contributed by atoms with Gasteiger partial charge in [0, 0.05) is 30.9 Å². The van der Waals surface area contributed by atoms with E-state index in [9.17, 15) is 4.79 Å². The summed E-state index contributed by atoms with van der Waals surface area (Å²) in [5.74, 6) is 0.283. The van der Waals surface area contributed by atoms with Crippen LogP contribution in [0.4, 0.5) is 5.69 Å². The maximum absolute atomic E-state index is 12.7. The Morgan fingerprint density at radius 3 is 2.43 bits per heavy atom. The zero-order valence-corrected chi connectivity index (χ0v) is 15.2. The predicted molar refractivity (Wildman–Crippen MR) is 99.4 cm³/mol. The summed E-state index contributed by atoms with van der Waals surface area (Å²) in [4.78, 5) is 17.4. The van der Waals surface area contributed by atoms with Gasteiger partial charge < -0.3 is 15.5 Å². The van der Waals surface area contributed by atoms with E-state index in [0.717, 1.165) is 43.7 Å². The van der Waals surface area contributed by atoms with Crippen molar-refractivity contribution < 1.29 is 4.79 Å². The number of hydrogen-bond donors (Lipinski definition) is 1. The van der Waals surface area contributed by atoms with E-state index in [1.54, 1.807) is 0 Å². The third-order valence-electron chi connectivity index (χ3n) is 4.94. The van der Waals surface area contributed by atoms with E-state index >= 15 is 0 Å². The van der Waals surface area contributed by atoms with Gasteiger partial charge in [-0.2, -0.15) is 0 Å². The number of halogens is 2. The maximum Gasteiger partial charge on any atom is 0.227 e. The SMILES string of the molecule is CCN1CCC2CCC(C1)N2C(=O)Cc1ccc(N)cc1.Cl.Cl. The van der Waals surface area contributed by atoms with Gasteiger partial charge in [0.05, 0.1) is 6.42 Å². The second-order valence-corrected chi connectivity index (χ2v) is 6.29. The summed E-state index contributed by atoms with van der Waals surface area (Å²) in [6.07, 6.45) is 3.96. The van der Waals surface area contributed by atoms with Gasteiger partial charge in [0.2, 0.25) is 5.91 Å². The van der Waals surface area contributed by atoms with E-state index < -0.39 is 0 Å². The number of hydrogen-bond acceptors (Lipinski definition) is 3. The minimum absolute atomic E-state index is 0. The van der Waals surface area contributed by atoms with Gasteiger partial charge in [-0.3, -0.25) is 4.79 Å². The summed E-state index contributed by atoms with van der Waals surface area (Å²) in [6.45, 7) is 5.46. The molecule has 2 heterocycles. The Morgan fingerprint density at radius 1 is 1.13 bits per heavy atom. The van der Waals surface area contributed by atoms with Gasteiger partial charge in [0.25, 0.3) is 0 Å². The molecule has 130 valence electrons. The first-order valence-corrected chi connectivity index (χ1v) is 8.05. The standard InChI is InChI=1S/C17H25N3O.2ClH/c1-2-19-10-9-15-7-8-16(12-19)20(15)17(21)11-13-3-5-14(18)6-4-13;;/h3-6,15-16H,2,7-12,18H2,1H3;2*1H. The third-order valence-corrected chi connectivity index (χ3v) is 4.94. The Kier molecular flexibility index (Phi) is 7.65. The summed E-state index contributed by atoms with van der Waals surface area (Å²) in [6, 6.07) is 8.54. The molecule has 2 unspecified atom stereocenters. The van der Waals surface area contributed by atoms with Crippen molar-refractivity contribution in [1.82, 2.24) is 9.80 Å². The zero-order valence-electron chi connectivity index (χ0n) is 13.6. The average Bonchev–Trinajstić information content (AvgIpc) is 2.76. The van der Waals surface area contributed by atoms with E-state index in [1.807, 2.05) is 24.3 Å². The Bertz CT molecular complexity index is 509. The predicted octanol–water partition coefficient (Wildman–Crippen LogP) is 2.74. The van der Waals surface area contributed by atoms with Gasteiger partial charge in [0.1, 0.15) is 0 Å². The number of amides is 1. The van der Waals surface area contributed by atoms with Crippen LogP contribution in [0.1, 0.15) is 31.7 Å². The summed E-state index contributed by atoms with van der Waals surface area (Å²) >= 11 is 0. The van der Waals surface area contributed by atoms with Crippen LogP contribution in [-0.4, -0.2) is 47.4 Å². The molecule has 0 aromatic heterocycles. The number of carbonyl (C=O) groups is 1. The molecule has 2 bridgehead atoms. The van der Waals surface area contributed by atoms with Crippen LogP contribution in [0.25, 0.3) is 0 Å². The number of benzene rings is 1. The van der Waals surface area contributed by atoms with Crippen LogP contribution >= 0.6 is 24.8 Å². The van der Waals surface area contributed by atoms with Crippen molar-refractivity contribution >= 4 is 36.4 Å². The number of fused-ring (bicyclic) bond motifs is 2. The van der Waals surface area contributed by atoms with Gasteiger partial charge in [-0.25, -0.2) is 0 Å². The monoisotopic (exact) mass is 359 g/mol. The van der Waals surface area contributed by atoms with Crippen molar-refractivity contribution in [2.24, 2.45) is 0 Å². The minimum Gasteiger partial charge on any atom is -0.399 e. The fourth-order valence-corrected chi connectivity index (χ4v) is 3.74. The van der Waals surface area contributed by atoms with Gasteiger partial charge in [-0.05, 0) is 43.5 Å². The summed E-state index contributed by atoms with van der Waals surface area (Å²) < 4.78 is 0. The molecule has 0 radical (unpaired) electrons. The highest BCUT2D eigenvalue weighted by molar-refractivity contribution is 5.85. The van der Waals surface area contributed by atoms with Crippen molar-refractivity contribution in [3.8, 4) is 0 Å². The largest absolute Gasteiger partial charge is 0.399 e. The van der Waals surface area contributed by atoms with Crippen LogP contribution in [0.15, 0.2) is 24.3 Å². The summed E-state index contributed by atoms with van der Waals surface area (Å²) in [5, 5.41) is 0. The highest BCUT2D eigenvalue weighted by Crippen LogP contribution is 2.30. The van der Waals surface area contributed by atoms with Crippen molar-refractivity contribution in [3.05, 3.63) is 29.8 Å². The fraction of sp³-hybridized carbons (Fsp3) is 0.588. The molecular formula is C17H27Cl2N3O. The molecule has 2 fully saturated rings. The Balaban J connectivity index is 0.00000132. The number of likely N-dealkylation sites (N-methyl/N-ethyl adjacent to an activating group) is 1. The molecule has 0 aliphatic carbocycles. The summed E-state index contributed by atoms with van der Waals surface area (Å²) in [7, 11) is 0. The number of likely N-dealkylation sites (tertiary alicyclic amines) is 1. The van der Waals surface area contributed by atoms with E-state index in [4.69, 9.17) is 5.73 Å². The molecule has 3 rings (SSSR count). The number of nitrogens with two attached hydrogens (primary N) is 1. The van der Waals surface area contributed by atoms with Crippen LogP contribution in [-0.2, 0) is 11.2 Å². The lowest BCUT2D eigenvalue weighted by Crippen LogP contribution is -2.43. The highest BCUT2D eigenvalue weighted by atomic mass is 35.5. The Morgan fingerprint density at radius 2 is 1.78 bits per heavy atom. The smallest absolute Gasteiger partial charge is 0.227 e. The molecule has 6 heteroatoms. The van der Waals surface area contributed by atoms with Crippen LogP contribution < -0.4 is 5.73 Å². The molecule has 2 atom stereocenters. The molecule has 4 nitrogen and oxygen atoms in total. The lowest BCUT2D eigenvalue weighted by molar-refractivity contribution is -0.133. The topological polar surface area (TPSA) is 49.6 Å². The first kappa shape index (κ1) is 20.1. The molecule has 2 N–H and O–H groups in total.